The second-order valence-corrected chi connectivity index (χ2v) is 17.2. The standard InChI is InChI=1S/C51H36N2S2/c1-51(2)45-31-37(52(33-13-5-3-6-14-33)35-23-27-49-43(29-35)41-17-9-11-19-47(41)54-49)21-25-39(45)40-26-22-38(32-46(40)51)53(34-15-7-4-8-16-34)36-24-28-50-44(30-36)42-18-10-12-20-48(42)55-50/h3-32H,1-2H3. The molecule has 55 heavy (non-hydrogen) atoms. The Bertz CT molecular complexity index is 2870. The van der Waals surface area contributed by atoms with Crippen molar-refractivity contribution in [3.63, 3.8) is 0 Å². The molecule has 0 unspecified atom stereocenters. The Morgan fingerprint density at radius 3 is 1.15 bits per heavy atom. The van der Waals surface area contributed by atoms with Crippen molar-refractivity contribution in [2.24, 2.45) is 0 Å². The zero-order valence-corrected chi connectivity index (χ0v) is 32.2. The van der Waals surface area contributed by atoms with Gasteiger partial charge in [-0.25, -0.2) is 0 Å². The molecule has 0 amide bonds. The van der Waals surface area contributed by atoms with E-state index in [0.29, 0.717) is 0 Å². The molecule has 0 fully saturated rings. The minimum atomic E-state index is -0.220. The zero-order chi connectivity index (χ0) is 36.7. The molecule has 262 valence electrons. The second-order valence-electron chi connectivity index (χ2n) is 15.0. The number of thiophene rings is 2. The average Bonchev–Trinajstić information content (AvgIpc) is 3.86. The van der Waals surface area contributed by atoms with Gasteiger partial charge in [-0.1, -0.05) is 98.8 Å². The quantitative estimate of drug-likeness (QED) is 0.167. The normalized spacial score (nSPS) is 13.1. The van der Waals surface area contributed by atoms with Crippen molar-refractivity contribution < 1.29 is 0 Å². The highest BCUT2D eigenvalue weighted by atomic mass is 32.1. The summed E-state index contributed by atoms with van der Waals surface area (Å²) in [5.41, 5.74) is 12.0. The van der Waals surface area contributed by atoms with E-state index < -0.39 is 0 Å². The molecule has 4 heteroatoms. The maximum absolute atomic E-state index is 2.43. The lowest BCUT2D eigenvalue weighted by Crippen LogP contribution is -2.17. The maximum Gasteiger partial charge on any atom is 0.0468 e. The van der Waals surface area contributed by atoms with E-state index in [4.69, 9.17) is 0 Å². The Morgan fingerprint density at radius 2 is 0.691 bits per heavy atom. The van der Waals surface area contributed by atoms with E-state index in [1.807, 2.05) is 22.7 Å². The fraction of sp³-hybridized carbons (Fsp3) is 0.0588. The Morgan fingerprint density at radius 1 is 0.327 bits per heavy atom. The number of anilines is 6. The van der Waals surface area contributed by atoms with Crippen LogP contribution in [0.2, 0.25) is 0 Å². The molecule has 10 aromatic rings. The molecular weight excluding hydrogens is 705 g/mol. The van der Waals surface area contributed by atoms with Gasteiger partial charge in [-0.3, -0.25) is 0 Å². The van der Waals surface area contributed by atoms with E-state index in [1.54, 1.807) is 0 Å². The topological polar surface area (TPSA) is 6.48 Å². The summed E-state index contributed by atoms with van der Waals surface area (Å²) in [6, 6.07) is 67.1. The van der Waals surface area contributed by atoms with E-state index in [2.05, 4.69) is 206 Å². The molecule has 0 saturated carbocycles. The molecule has 1 aliphatic rings. The van der Waals surface area contributed by atoms with Gasteiger partial charge in [0.2, 0.25) is 0 Å². The summed E-state index contributed by atoms with van der Waals surface area (Å²) < 4.78 is 5.27. The molecule has 0 saturated heterocycles. The first kappa shape index (κ1) is 32.2. The molecule has 0 spiro atoms. The van der Waals surface area contributed by atoms with Crippen molar-refractivity contribution in [2.45, 2.75) is 19.3 Å². The van der Waals surface area contributed by atoms with Gasteiger partial charge in [-0.2, -0.15) is 0 Å². The summed E-state index contributed by atoms with van der Waals surface area (Å²) >= 11 is 3.72. The summed E-state index contributed by atoms with van der Waals surface area (Å²) in [5, 5.41) is 5.23. The first-order chi connectivity index (χ1) is 27.0. The molecule has 2 aromatic heterocycles. The van der Waals surface area contributed by atoms with Gasteiger partial charge in [0, 0.05) is 79.9 Å². The third-order valence-corrected chi connectivity index (χ3v) is 13.7. The zero-order valence-electron chi connectivity index (χ0n) is 30.5. The lowest BCUT2D eigenvalue weighted by Gasteiger charge is -2.29. The highest BCUT2D eigenvalue weighted by Crippen LogP contribution is 2.53. The Hall–Kier alpha value is -6.20. The van der Waals surface area contributed by atoms with Gasteiger partial charge < -0.3 is 9.80 Å². The third-order valence-electron chi connectivity index (χ3n) is 11.4. The molecule has 0 radical (unpaired) electrons. The van der Waals surface area contributed by atoms with Crippen LogP contribution in [0, 0.1) is 0 Å². The van der Waals surface area contributed by atoms with Crippen LogP contribution in [-0.2, 0) is 5.41 Å². The van der Waals surface area contributed by atoms with Gasteiger partial charge in [0.05, 0.1) is 0 Å². The third kappa shape index (κ3) is 5.13. The molecule has 11 rings (SSSR count). The molecule has 0 atom stereocenters. The molecule has 8 aromatic carbocycles. The Balaban J connectivity index is 1.03. The van der Waals surface area contributed by atoms with Crippen molar-refractivity contribution >= 4 is 97.1 Å². The predicted molar refractivity (Wildman–Crippen MR) is 239 cm³/mol. The van der Waals surface area contributed by atoms with Crippen LogP contribution < -0.4 is 9.80 Å². The van der Waals surface area contributed by atoms with E-state index in [0.717, 1.165) is 34.1 Å². The van der Waals surface area contributed by atoms with Gasteiger partial charge in [0.1, 0.15) is 0 Å². The fourth-order valence-corrected chi connectivity index (χ4v) is 10.9. The van der Waals surface area contributed by atoms with E-state index in [9.17, 15) is 0 Å². The first-order valence-electron chi connectivity index (χ1n) is 18.8. The first-order valence-corrected chi connectivity index (χ1v) is 20.5. The summed E-state index contributed by atoms with van der Waals surface area (Å²) in [4.78, 5) is 4.83. The van der Waals surface area contributed by atoms with Crippen LogP contribution in [0.5, 0.6) is 0 Å². The van der Waals surface area contributed by atoms with Gasteiger partial charge in [0.25, 0.3) is 0 Å². The largest absolute Gasteiger partial charge is 0.310 e. The fourth-order valence-electron chi connectivity index (χ4n) is 8.75. The number of rotatable bonds is 6. The number of hydrogen-bond donors (Lipinski definition) is 0. The van der Waals surface area contributed by atoms with Crippen molar-refractivity contribution in [3.8, 4) is 11.1 Å². The van der Waals surface area contributed by atoms with Crippen LogP contribution >= 0.6 is 22.7 Å². The van der Waals surface area contributed by atoms with Crippen LogP contribution in [-0.4, -0.2) is 0 Å². The van der Waals surface area contributed by atoms with Crippen LogP contribution in [0.4, 0.5) is 34.1 Å². The molecule has 0 bridgehead atoms. The van der Waals surface area contributed by atoms with Crippen LogP contribution in [0.1, 0.15) is 25.0 Å². The van der Waals surface area contributed by atoms with Gasteiger partial charge in [-0.15, -0.1) is 22.7 Å². The van der Waals surface area contributed by atoms with Crippen LogP contribution in [0.3, 0.4) is 0 Å². The molecule has 0 N–H and O–H groups in total. The molecule has 1 aliphatic carbocycles. The number of fused-ring (bicyclic) bond motifs is 9. The maximum atomic E-state index is 2.43. The highest BCUT2D eigenvalue weighted by Gasteiger charge is 2.37. The average molecular weight is 741 g/mol. The summed E-state index contributed by atoms with van der Waals surface area (Å²) in [5.74, 6) is 0. The van der Waals surface area contributed by atoms with E-state index in [1.165, 1.54) is 62.6 Å². The molecule has 2 heterocycles. The summed E-state index contributed by atoms with van der Waals surface area (Å²) in [6.07, 6.45) is 0. The second kappa shape index (κ2) is 12.4. The van der Waals surface area contributed by atoms with Gasteiger partial charge >= 0.3 is 0 Å². The lowest BCUT2D eigenvalue weighted by atomic mass is 9.82. The van der Waals surface area contributed by atoms with E-state index >= 15 is 0 Å². The molecule has 2 nitrogen and oxygen atoms in total. The van der Waals surface area contributed by atoms with Crippen LogP contribution in [0.25, 0.3) is 51.5 Å². The molecule has 0 aliphatic heterocycles. The summed E-state index contributed by atoms with van der Waals surface area (Å²) in [6.45, 7) is 4.77. The predicted octanol–water partition coefficient (Wildman–Crippen LogP) is 15.7. The minimum Gasteiger partial charge on any atom is -0.310 e. The van der Waals surface area contributed by atoms with E-state index in [-0.39, 0.29) is 5.41 Å². The smallest absolute Gasteiger partial charge is 0.0468 e. The van der Waals surface area contributed by atoms with Crippen molar-refractivity contribution in [1.29, 1.82) is 0 Å². The number of para-hydroxylation sites is 2. The monoisotopic (exact) mass is 740 g/mol. The Kier molecular flexibility index (Phi) is 7.28. The van der Waals surface area contributed by atoms with Crippen molar-refractivity contribution in [3.05, 3.63) is 193 Å². The van der Waals surface area contributed by atoms with Crippen LogP contribution in [0.15, 0.2) is 182 Å². The minimum absolute atomic E-state index is 0.220. The number of nitrogens with zero attached hydrogens (tertiary/aromatic N) is 2. The Labute approximate surface area is 328 Å². The van der Waals surface area contributed by atoms with Gasteiger partial charge in [-0.05, 0) is 119 Å². The SMILES string of the molecule is CC1(C)c2cc(N(c3ccccc3)c3ccc4sc5ccccc5c4c3)ccc2-c2ccc(N(c3ccccc3)c3ccc4sc5ccccc5c4c3)cc21. The number of benzene rings is 8. The summed E-state index contributed by atoms with van der Waals surface area (Å²) in [7, 11) is 0. The number of hydrogen-bond acceptors (Lipinski definition) is 4. The highest BCUT2D eigenvalue weighted by molar-refractivity contribution is 7.26. The van der Waals surface area contributed by atoms with Gasteiger partial charge in [0.15, 0.2) is 0 Å². The lowest BCUT2D eigenvalue weighted by molar-refractivity contribution is 0.660. The molecular formula is C51H36N2S2. The van der Waals surface area contributed by atoms with Crippen molar-refractivity contribution in [2.75, 3.05) is 9.80 Å². The van der Waals surface area contributed by atoms with Crippen molar-refractivity contribution in [1.82, 2.24) is 0 Å².